The Hall–Kier alpha value is -2.89. The molecule has 1 atom stereocenters. The van der Waals surface area contributed by atoms with Crippen LogP contribution in [0.1, 0.15) is 36.9 Å². The number of amides is 2. The Kier molecular flexibility index (Phi) is 6.86. The van der Waals surface area contributed by atoms with Crippen molar-refractivity contribution in [1.82, 2.24) is 10.2 Å². The van der Waals surface area contributed by atoms with Gasteiger partial charge in [-0.25, -0.2) is 4.79 Å². The van der Waals surface area contributed by atoms with Gasteiger partial charge in [-0.1, -0.05) is 17.7 Å². The number of methoxy groups -OCH3 is 2. The van der Waals surface area contributed by atoms with Gasteiger partial charge in [0.15, 0.2) is 0 Å². The number of rotatable bonds is 6. The lowest BCUT2D eigenvalue weighted by Crippen LogP contribution is -2.47. The molecule has 0 bridgehead atoms. The van der Waals surface area contributed by atoms with Gasteiger partial charge in [0.1, 0.15) is 11.5 Å². The van der Waals surface area contributed by atoms with Crippen LogP contribution in [-0.4, -0.2) is 44.3 Å². The summed E-state index contributed by atoms with van der Waals surface area (Å²) in [5.74, 6) is 1.44. The standard InChI is InChI=1S/C23H31N3O3/c1-16-5-7-18(8-6-16)25-19-11-13-26(14-12-19)23(27)24-17(2)21-10-9-20(28-3)15-22(21)29-4/h5-10,15,17,19,25H,11-14H2,1-4H3,(H,24,27)/t17-/m0/s1. The Morgan fingerprint density at radius 3 is 2.38 bits per heavy atom. The topological polar surface area (TPSA) is 62.8 Å². The molecule has 1 aliphatic heterocycles. The minimum absolute atomic E-state index is 0.0378. The van der Waals surface area contributed by atoms with Gasteiger partial charge in [-0.05, 0) is 51.0 Å². The first-order chi connectivity index (χ1) is 14.0. The van der Waals surface area contributed by atoms with E-state index in [1.807, 2.05) is 30.0 Å². The van der Waals surface area contributed by atoms with E-state index in [2.05, 4.69) is 41.8 Å². The first-order valence-corrected chi connectivity index (χ1v) is 10.1. The van der Waals surface area contributed by atoms with Crippen LogP contribution >= 0.6 is 0 Å². The number of carbonyl (C=O) groups excluding carboxylic acids is 1. The minimum atomic E-state index is -0.160. The molecule has 0 unspecified atom stereocenters. The molecule has 0 saturated carbocycles. The van der Waals surface area contributed by atoms with E-state index < -0.39 is 0 Å². The Balaban J connectivity index is 1.52. The Morgan fingerprint density at radius 2 is 1.76 bits per heavy atom. The van der Waals surface area contributed by atoms with Crippen molar-refractivity contribution in [3.8, 4) is 11.5 Å². The maximum absolute atomic E-state index is 12.7. The number of hydrogen-bond acceptors (Lipinski definition) is 4. The predicted octanol–water partition coefficient (Wildman–Crippen LogP) is 4.36. The van der Waals surface area contributed by atoms with Gasteiger partial charge in [-0.15, -0.1) is 0 Å². The van der Waals surface area contributed by atoms with E-state index in [0.29, 0.717) is 11.8 Å². The van der Waals surface area contributed by atoms with Crippen molar-refractivity contribution in [1.29, 1.82) is 0 Å². The summed E-state index contributed by atoms with van der Waals surface area (Å²) in [5.41, 5.74) is 3.32. The van der Waals surface area contributed by atoms with E-state index >= 15 is 0 Å². The molecule has 1 aliphatic rings. The summed E-state index contributed by atoms with van der Waals surface area (Å²) in [6, 6.07) is 14.3. The summed E-state index contributed by atoms with van der Waals surface area (Å²) in [6.45, 7) is 5.53. The van der Waals surface area contributed by atoms with Crippen LogP contribution in [0.2, 0.25) is 0 Å². The highest BCUT2D eigenvalue weighted by Gasteiger charge is 2.24. The first-order valence-electron chi connectivity index (χ1n) is 10.1. The highest BCUT2D eigenvalue weighted by atomic mass is 16.5. The molecule has 0 aromatic heterocycles. The second kappa shape index (κ2) is 9.54. The molecule has 6 heteroatoms. The molecular weight excluding hydrogens is 366 g/mol. The number of piperidine rings is 1. The van der Waals surface area contributed by atoms with Crippen LogP contribution < -0.4 is 20.1 Å². The average molecular weight is 398 g/mol. The predicted molar refractivity (Wildman–Crippen MR) is 116 cm³/mol. The lowest BCUT2D eigenvalue weighted by molar-refractivity contribution is 0.180. The second-order valence-corrected chi connectivity index (χ2v) is 7.55. The van der Waals surface area contributed by atoms with Crippen molar-refractivity contribution in [3.63, 3.8) is 0 Å². The number of nitrogens with one attached hydrogen (secondary N) is 2. The molecule has 1 heterocycles. The molecule has 1 saturated heterocycles. The summed E-state index contributed by atoms with van der Waals surface area (Å²) in [7, 11) is 3.25. The summed E-state index contributed by atoms with van der Waals surface area (Å²) < 4.78 is 10.7. The normalized spacial score (nSPS) is 15.5. The van der Waals surface area contributed by atoms with E-state index in [9.17, 15) is 4.79 Å². The van der Waals surface area contributed by atoms with Crippen molar-refractivity contribution < 1.29 is 14.3 Å². The molecule has 2 amide bonds. The lowest BCUT2D eigenvalue weighted by Gasteiger charge is -2.33. The number of benzene rings is 2. The molecule has 2 N–H and O–H groups in total. The number of anilines is 1. The summed E-state index contributed by atoms with van der Waals surface area (Å²) in [6.07, 6.45) is 1.86. The third-order valence-corrected chi connectivity index (χ3v) is 5.45. The number of hydrogen-bond donors (Lipinski definition) is 2. The Labute approximate surface area is 173 Å². The van der Waals surface area contributed by atoms with Crippen LogP contribution in [0.4, 0.5) is 10.5 Å². The molecular formula is C23H31N3O3. The molecule has 0 aliphatic carbocycles. The molecule has 3 rings (SSSR count). The van der Waals surface area contributed by atoms with Crippen LogP contribution in [0.15, 0.2) is 42.5 Å². The minimum Gasteiger partial charge on any atom is -0.497 e. The quantitative estimate of drug-likeness (QED) is 0.760. The molecule has 6 nitrogen and oxygen atoms in total. The fraction of sp³-hybridized carbons (Fsp3) is 0.435. The van der Waals surface area contributed by atoms with Crippen molar-refractivity contribution in [2.45, 2.75) is 38.8 Å². The molecule has 0 radical (unpaired) electrons. The van der Waals surface area contributed by atoms with Crippen LogP contribution in [0.25, 0.3) is 0 Å². The highest BCUT2D eigenvalue weighted by Crippen LogP contribution is 2.29. The smallest absolute Gasteiger partial charge is 0.317 e. The molecule has 156 valence electrons. The van der Waals surface area contributed by atoms with Gasteiger partial charge in [0.25, 0.3) is 0 Å². The van der Waals surface area contributed by atoms with Crippen LogP contribution in [0.3, 0.4) is 0 Å². The number of likely N-dealkylation sites (tertiary alicyclic amines) is 1. The third kappa shape index (κ3) is 5.34. The molecule has 2 aromatic rings. The lowest BCUT2D eigenvalue weighted by atomic mass is 10.0. The molecule has 0 spiro atoms. The second-order valence-electron chi connectivity index (χ2n) is 7.55. The van der Waals surface area contributed by atoms with E-state index in [1.165, 1.54) is 5.56 Å². The van der Waals surface area contributed by atoms with Crippen molar-refractivity contribution in [2.24, 2.45) is 0 Å². The van der Waals surface area contributed by atoms with E-state index in [0.717, 1.165) is 42.9 Å². The van der Waals surface area contributed by atoms with Gasteiger partial charge in [0, 0.05) is 36.4 Å². The van der Waals surface area contributed by atoms with Crippen molar-refractivity contribution in [3.05, 3.63) is 53.6 Å². The van der Waals surface area contributed by atoms with Gasteiger partial charge < -0.3 is 25.0 Å². The third-order valence-electron chi connectivity index (χ3n) is 5.45. The summed E-state index contributed by atoms with van der Waals surface area (Å²) in [4.78, 5) is 14.6. The number of carbonyl (C=O) groups is 1. The van der Waals surface area contributed by atoms with E-state index in [4.69, 9.17) is 9.47 Å². The number of urea groups is 1. The average Bonchev–Trinajstić information content (AvgIpc) is 2.75. The van der Waals surface area contributed by atoms with Gasteiger partial charge in [0.2, 0.25) is 0 Å². The number of aryl methyl sites for hydroxylation is 1. The van der Waals surface area contributed by atoms with E-state index in [-0.39, 0.29) is 12.1 Å². The summed E-state index contributed by atoms with van der Waals surface area (Å²) >= 11 is 0. The number of nitrogens with zero attached hydrogens (tertiary/aromatic N) is 1. The fourth-order valence-corrected chi connectivity index (χ4v) is 3.64. The van der Waals surface area contributed by atoms with Gasteiger partial charge in [-0.3, -0.25) is 0 Å². The Bertz CT molecular complexity index is 815. The van der Waals surface area contributed by atoms with E-state index in [1.54, 1.807) is 14.2 Å². The fourth-order valence-electron chi connectivity index (χ4n) is 3.64. The van der Waals surface area contributed by atoms with Crippen LogP contribution in [-0.2, 0) is 0 Å². The molecule has 29 heavy (non-hydrogen) atoms. The monoisotopic (exact) mass is 397 g/mol. The van der Waals surface area contributed by atoms with Gasteiger partial charge in [-0.2, -0.15) is 0 Å². The first kappa shape index (κ1) is 20.8. The zero-order chi connectivity index (χ0) is 20.8. The maximum atomic E-state index is 12.7. The van der Waals surface area contributed by atoms with Crippen LogP contribution in [0, 0.1) is 6.92 Å². The van der Waals surface area contributed by atoms with Gasteiger partial charge >= 0.3 is 6.03 Å². The highest BCUT2D eigenvalue weighted by molar-refractivity contribution is 5.75. The maximum Gasteiger partial charge on any atom is 0.317 e. The largest absolute Gasteiger partial charge is 0.497 e. The van der Waals surface area contributed by atoms with Crippen LogP contribution in [0.5, 0.6) is 11.5 Å². The van der Waals surface area contributed by atoms with Crippen molar-refractivity contribution >= 4 is 11.7 Å². The molecule has 2 aromatic carbocycles. The van der Waals surface area contributed by atoms with Crippen molar-refractivity contribution in [2.75, 3.05) is 32.6 Å². The molecule has 1 fully saturated rings. The summed E-state index contributed by atoms with van der Waals surface area (Å²) in [5, 5.41) is 6.67. The Morgan fingerprint density at radius 1 is 1.07 bits per heavy atom. The van der Waals surface area contributed by atoms with Gasteiger partial charge in [0.05, 0.1) is 20.3 Å². The number of ether oxygens (including phenoxy) is 2. The zero-order valence-corrected chi connectivity index (χ0v) is 17.7. The zero-order valence-electron chi connectivity index (χ0n) is 17.7. The SMILES string of the molecule is COc1ccc([C@H](C)NC(=O)N2CCC(Nc3ccc(C)cc3)CC2)c(OC)c1.